The van der Waals surface area contributed by atoms with E-state index in [0.717, 1.165) is 0 Å². The molecule has 3 rings (SSSR count). The van der Waals surface area contributed by atoms with E-state index in [4.69, 9.17) is 0 Å². The van der Waals surface area contributed by atoms with Gasteiger partial charge in [0.05, 0.1) is 16.7 Å². The summed E-state index contributed by atoms with van der Waals surface area (Å²) in [6.45, 7) is 1.41. The number of hydrogen-bond acceptors (Lipinski definition) is 5. The third kappa shape index (κ3) is 3.83. The van der Waals surface area contributed by atoms with Gasteiger partial charge < -0.3 is 5.32 Å². The first-order chi connectivity index (χ1) is 12.5. The Morgan fingerprint density at radius 1 is 1.15 bits per heavy atom. The first-order valence-corrected chi connectivity index (χ1v) is 8.93. The van der Waals surface area contributed by atoms with Gasteiger partial charge in [-0.1, -0.05) is 36.0 Å². The minimum atomic E-state index is -0.195. The van der Waals surface area contributed by atoms with Gasteiger partial charge in [-0.15, -0.1) is 0 Å². The van der Waals surface area contributed by atoms with Crippen molar-refractivity contribution in [3.63, 3.8) is 0 Å². The topological polar surface area (TPSA) is 81.1 Å². The number of benzene rings is 2. The second-order valence-corrected chi connectivity index (χ2v) is 6.69. The third-order valence-corrected chi connectivity index (χ3v) is 4.81. The van der Waals surface area contributed by atoms with Crippen LogP contribution in [0.5, 0.6) is 0 Å². The van der Waals surface area contributed by atoms with E-state index in [9.17, 15) is 14.4 Å². The lowest BCUT2D eigenvalue weighted by Crippen LogP contribution is -2.20. The quantitative estimate of drug-likeness (QED) is 0.426. The molecule has 0 saturated carbocycles. The van der Waals surface area contributed by atoms with Crippen LogP contribution in [-0.4, -0.2) is 27.0 Å². The molecule has 2 aromatic carbocycles. The molecule has 7 heteroatoms. The average Bonchev–Trinajstić information content (AvgIpc) is 2.63. The van der Waals surface area contributed by atoms with E-state index in [0.29, 0.717) is 27.3 Å². The molecule has 1 N–H and O–H groups in total. The van der Waals surface area contributed by atoms with Crippen molar-refractivity contribution in [3.05, 3.63) is 64.4 Å². The summed E-state index contributed by atoms with van der Waals surface area (Å²) >= 11 is 1.21. The molecule has 0 radical (unpaired) electrons. The summed E-state index contributed by atoms with van der Waals surface area (Å²) in [5.74, 6) is -0.161. The lowest BCUT2D eigenvalue weighted by atomic mass is 10.1. The second kappa shape index (κ2) is 7.53. The van der Waals surface area contributed by atoms with Gasteiger partial charge in [-0.2, -0.15) is 0 Å². The smallest absolute Gasteiger partial charge is 0.261 e. The van der Waals surface area contributed by atoms with E-state index < -0.39 is 0 Å². The number of thioether (sulfide) groups is 1. The van der Waals surface area contributed by atoms with Gasteiger partial charge in [0.25, 0.3) is 5.56 Å². The summed E-state index contributed by atoms with van der Waals surface area (Å²) in [4.78, 5) is 40.5. The second-order valence-electron chi connectivity index (χ2n) is 5.75. The van der Waals surface area contributed by atoms with E-state index >= 15 is 0 Å². The molecule has 6 nitrogen and oxygen atoms in total. The van der Waals surface area contributed by atoms with E-state index in [2.05, 4.69) is 10.3 Å². The van der Waals surface area contributed by atoms with Gasteiger partial charge in [0.15, 0.2) is 10.9 Å². The van der Waals surface area contributed by atoms with Crippen LogP contribution in [0.1, 0.15) is 17.3 Å². The third-order valence-electron chi connectivity index (χ3n) is 3.78. The van der Waals surface area contributed by atoms with Crippen LogP contribution in [-0.2, 0) is 11.8 Å². The summed E-state index contributed by atoms with van der Waals surface area (Å²) in [5.41, 5.74) is 1.54. The fraction of sp³-hybridized carbons (Fsp3) is 0.158. The maximum absolute atomic E-state index is 12.5. The van der Waals surface area contributed by atoms with Crippen LogP contribution in [0.3, 0.4) is 0 Å². The Bertz CT molecular complexity index is 1060. The number of hydrogen-bond donors (Lipinski definition) is 1. The standard InChI is InChI=1S/C19H17N3O3S/c1-12(23)20-14-7-5-6-13(10-14)17(24)11-26-19-21-16-9-4-3-8-15(16)18(25)22(19)2/h3-10H,11H2,1-2H3,(H,20,23). The van der Waals surface area contributed by atoms with Crippen molar-refractivity contribution in [1.29, 1.82) is 0 Å². The molecule has 1 aromatic heterocycles. The van der Waals surface area contributed by atoms with Gasteiger partial charge in [0.1, 0.15) is 0 Å². The number of ketones is 1. The van der Waals surface area contributed by atoms with Crippen molar-refractivity contribution in [2.24, 2.45) is 7.05 Å². The van der Waals surface area contributed by atoms with Crippen LogP contribution in [0, 0.1) is 0 Å². The zero-order chi connectivity index (χ0) is 18.7. The summed E-state index contributed by atoms with van der Waals surface area (Å²) in [6, 6.07) is 13.9. The molecule has 1 amide bonds. The number of aromatic nitrogens is 2. The number of carbonyl (C=O) groups is 2. The Morgan fingerprint density at radius 2 is 1.92 bits per heavy atom. The Kier molecular flexibility index (Phi) is 5.18. The number of rotatable bonds is 5. The van der Waals surface area contributed by atoms with E-state index in [1.807, 2.05) is 6.07 Å². The van der Waals surface area contributed by atoms with Crippen molar-refractivity contribution < 1.29 is 9.59 Å². The molecule has 132 valence electrons. The van der Waals surface area contributed by atoms with Crippen LogP contribution >= 0.6 is 11.8 Å². The molecule has 0 aliphatic carbocycles. The molecule has 0 fully saturated rings. The van der Waals surface area contributed by atoms with Gasteiger partial charge in [0, 0.05) is 25.2 Å². The number of nitrogens with zero attached hydrogens (tertiary/aromatic N) is 2. The Morgan fingerprint density at radius 3 is 2.69 bits per heavy atom. The molecule has 0 unspecified atom stereocenters. The lowest BCUT2D eigenvalue weighted by molar-refractivity contribution is -0.114. The molecule has 0 atom stereocenters. The van der Waals surface area contributed by atoms with Crippen LogP contribution < -0.4 is 10.9 Å². The lowest BCUT2D eigenvalue weighted by Gasteiger charge is -2.09. The van der Waals surface area contributed by atoms with Gasteiger partial charge in [-0.05, 0) is 24.3 Å². The normalized spacial score (nSPS) is 10.7. The summed E-state index contributed by atoms with van der Waals surface area (Å²) in [7, 11) is 1.64. The minimum Gasteiger partial charge on any atom is -0.326 e. The van der Waals surface area contributed by atoms with Crippen LogP contribution in [0.2, 0.25) is 0 Å². The van der Waals surface area contributed by atoms with Gasteiger partial charge >= 0.3 is 0 Å². The minimum absolute atomic E-state index is 0.107. The summed E-state index contributed by atoms with van der Waals surface area (Å²) in [5, 5.41) is 3.69. The maximum Gasteiger partial charge on any atom is 0.261 e. The molecule has 26 heavy (non-hydrogen) atoms. The fourth-order valence-electron chi connectivity index (χ4n) is 2.51. The van der Waals surface area contributed by atoms with Crippen molar-refractivity contribution in [2.45, 2.75) is 12.1 Å². The zero-order valence-corrected chi connectivity index (χ0v) is 15.2. The number of amides is 1. The molecule has 0 saturated heterocycles. The van der Waals surface area contributed by atoms with Crippen molar-refractivity contribution >= 4 is 40.0 Å². The number of nitrogens with one attached hydrogen (secondary N) is 1. The van der Waals surface area contributed by atoms with Gasteiger partial charge in [-0.25, -0.2) is 4.98 Å². The summed E-state index contributed by atoms with van der Waals surface area (Å²) in [6.07, 6.45) is 0. The number of para-hydroxylation sites is 1. The molecular weight excluding hydrogens is 350 g/mol. The molecule has 0 spiro atoms. The van der Waals surface area contributed by atoms with E-state index in [-0.39, 0.29) is 23.0 Å². The van der Waals surface area contributed by atoms with Gasteiger partial charge in [-0.3, -0.25) is 19.0 Å². The van der Waals surface area contributed by atoms with E-state index in [1.165, 1.54) is 23.3 Å². The highest BCUT2D eigenvalue weighted by Crippen LogP contribution is 2.19. The Balaban J connectivity index is 1.80. The Labute approximate surface area is 154 Å². The molecular formula is C19H17N3O3S. The molecule has 3 aromatic rings. The molecule has 0 aliphatic heterocycles. The molecule has 0 bridgehead atoms. The molecule has 0 aliphatic rings. The molecule has 1 heterocycles. The van der Waals surface area contributed by atoms with Crippen LogP contribution in [0.15, 0.2) is 58.5 Å². The SMILES string of the molecule is CC(=O)Nc1cccc(C(=O)CSc2nc3ccccc3c(=O)n2C)c1. The predicted octanol–water partition coefficient (Wildman–Crippen LogP) is 2.87. The van der Waals surface area contributed by atoms with Crippen LogP contribution in [0.25, 0.3) is 10.9 Å². The highest BCUT2D eigenvalue weighted by molar-refractivity contribution is 7.99. The zero-order valence-electron chi connectivity index (χ0n) is 14.4. The van der Waals surface area contributed by atoms with Gasteiger partial charge in [0.2, 0.25) is 5.91 Å². The van der Waals surface area contributed by atoms with Crippen LogP contribution in [0.4, 0.5) is 5.69 Å². The van der Waals surface area contributed by atoms with Crippen molar-refractivity contribution in [3.8, 4) is 0 Å². The monoisotopic (exact) mass is 367 g/mol. The fourth-order valence-corrected chi connectivity index (χ4v) is 3.38. The highest BCUT2D eigenvalue weighted by atomic mass is 32.2. The number of Topliss-reactive ketones (excluding diaryl/α,β-unsaturated/α-hetero) is 1. The van der Waals surface area contributed by atoms with Crippen molar-refractivity contribution in [2.75, 3.05) is 11.1 Å². The average molecular weight is 367 g/mol. The Hall–Kier alpha value is -2.93. The number of anilines is 1. The number of carbonyl (C=O) groups excluding carboxylic acids is 2. The summed E-state index contributed by atoms with van der Waals surface area (Å²) < 4.78 is 1.45. The highest BCUT2D eigenvalue weighted by Gasteiger charge is 2.12. The first kappa shape index (κ1) is 17.9. The largest absolute Gasteiger partial charge is 0.326 e. The van der Waals surface area contributed by atoms with Crippen molar-refractivity contribution in [1.82, 2.24) is 9.55 Å². The first-order valence-electron chi connectivity index (χ1n) is 7.95. The predicted molar refractivity (Wildman–Crippen MR) is 103 cm³/mol. The maximum atomic E-state index is 12.5. The number of fused-ring (bicyclic) bond motifs is 1. The van der Waals surface area contributed by atoms with E-state index in [1.54, 1.807) is 49.5 Å².